The van der Waals surface area contributed by atoms with Crippen molar-refractivity contribution in [1.29, 1.82) is 0 Å². The molecule has 1 aliphatic carbocycles. The Morgan fingerprint density at radius 2 is 2.07 bits per heavy atom. The van der Waals surface area contributed by atoms with Crippen molar-refractivity contribution in [3.8, 4) is 0 Å². The van der Waals surface area contributed by atoms with Gasteiger partial charge in [-0.3, -0.25) is 0 Å². The van der Waals surface area contributed by atoms with E-state index in [0.717, 1.165) is 38.8 Å². The van der Waals surface area contributed by atoms with Crippen LogP contribution in [0.25, 0.3) is 0 Å². The largest absolute Gasteiger partial charge is 0.448 e. The van der Waals surface area contributed by atoms with Crippen LogP contribution in [0.3, 0.4) is 0 Å². The summed E-state index contributed by atoms with van der Waals surface area (Å²) in [5, 5.41) is 9.33. The fourth-order valence-corrected chi connectivity index (χ4v) is 2.23. The summed E-state index contributed by atoms with van der Waals surface area (Å²) in [6.07, 6.45) is 3.55. The van der Waals surface area contributed by atoms with E-state index in [9.17, 15) is 9.90 Å². The number of aliphatic hydroxyl groups excluding tert-OH is 1. The van der Waals surface area contributed by atoms with Gasteiger partial charge in [0.1, 0.15) is 6.61 Å². The zero-order valence-electron chi connectivity index (χ0n) is 8.32. The molecule has 1 amide bonds. The summed E-state index contributed by atoms with van der Waals surface area (Å²) < 4.78 is 4.87. The number of aliphatic hydroxyl groups is 1. The van der Waals surface area contributed by atoms with Gasteiger partial charge in [-0.2, -0.15) is 0 Å². The van der Waals surface area contributed by atoms with E-state index >= 15 is 0 Å². The van der Waals surface area contributed by atoms with Gasteiger partial charge in [-0.1, -0.05) is 0 Å². The molecular formula is C10H17NO3. The number of carbonyl (C=O) groups excluding carboxylic acids is 1. The van der Waals surface area contributed by atoms with E-state index in [1.165, 1.54) is 0 Å². The molecule has 1 heterocycles. The molecule has 14 heavy (non-hydrogen) atoms. The smallest absolute Gasteiger partial charge is 0.409 e. The summed E-state index contributed by atoms with van der Waals surface area (Å²) in [5.41, 5.74) is 0. The van der Waals surface area contributed by atoms with Crippen LogP contribution in [0.15, 0.2) is 0 Å². The van der Waals surface area contributed by atoms with Crippen LogP contribution in [0.2, 0.25) is 0 Å². The van der Waals surface area contributed by atoms with Crippen LogP contribution < -0.4 is 0 Å². The van der Waals surface area contributed by atoms with Crippen LogP contribution in [0.5, 0.6) is 0 Å². The molecule has 2 fully saturated rings. The molecule has 1 aliphatic heterocycles. The molecule has 1 saturated carbocycles. The maximum atomic E-state index is 11.2. The van der Waals surface area contributed by atoms with Gasteiger partial charge in [0.15, 0.2) is 0 Å². The Balaban J connectivity index is 1.77. The number of nitrogens with zero attached hydrogens (tertiary/aromatic N) is 1. The highest BCUT2D eigenvalue weighted by Crippen LogP contribution is 2.25. The molecule has 0 aromatic heterocycles. The highest BCUT2D eigenvalue weighted by atomic mass is 16.6. The average Bonchev–Trinajstić information content (AvgIpc) is 2.56. The van der Waals surface area contributed by atoms with Crippen molar-refractivity contribution < 1.29 is 14.6 Å². The van der Waals surface area contributed by atoms with E-state index in [1.807, 2.05) is 0 Å². The summed E-state index contributed by atoms with van der Waals surface area (Å²) >= 11 is 0. The normalized spacial score (nSPS) is 33.2. The predicted octanol–water partition coefficient (Wildman–Crippen LogP) is 0.990. The predicted molar refractivity (Wildman–Crippen MR) is 50.9 cm³/mol. The Hall–Kier alpha value is -0.770. The number of hydrogen-bond acceptors (Lipinski definition) is 3. The van der Waals surface area contributed by atoms with Crippen molar-refractivity contribution in [1.82, 2.24) is 4.90 Å². The monoisotopic (exact) mass is 199 g/mol. The zero-order valence-corrected chi connectivity index (χ0v) is 8.32. The number of rotatable bonds is 2. The minimum atomic E-state index is -0.170. The fourth-order valence-electron chi connectivity index (χ4n) is 2.23. The van der Waals surface area contributed by atoms with Gasteiger partial charge >= 0.3 is 6.09 Å². The summed E-state index contributed by atoms with van der Waals surface area (Å²) in [7, 11) is 0. The summed E-state index contributed by atoms with van der Waals surface area (Å²) in [5.74, 6) is 0.559. The van der Waals surface area contributed by atoms with Gasteiger partial charge < -0.3 is 14.7 Å². The number of amides is 1. The maximum absolute atomic E-state index is 11.2. The summed E-state index contributed by atoms with van der Waals surface area (Å²) in [4.78, 5) is 12.9. The molecule has 0 spiro atoms. The quantitative estimate of drug-likeness (QED) is 0.721. The Morgan fingerprint density at radius 3 is 2.64 bits per heavy atom. The van der Waals surface area contributed by atoms with Crippen molar-refractivity contribution in [2.75, 3.05) is 19.7 Å². The Labute approximate surface area is 83.8 Å². The minimum Gasteiger partial charge on any atom is -0.448 e. The molecule has 0 aromatic rings. The first kappa shape index (κ1) is 9.77. The van der Waals surface area contributed by atoms with Crippen molar-refractivity contribution in [2.24, 2.45) is 5.92 Å². The van der Waals surface area contributed by atoms with Crippen LogP contribution in [0.4, 0.5) is 4.79 Å². The molecule has 0 radical (unpaired) electrons. The van der Waals surface area contributed by atoms with Gasteiger partial charge in [-0.15, -0.1) is 0 Å². The van der Waals surface area contributed by atoms with Gasteiger partial charge in [0.25, 0.3) is 0 Å². The molecule has 2 aliphatic rings. The second-order valence-electron chi connectivity index (χ2n) is 4.23. The third kappa shape index (κ3) is 2.18. The van der Waals surface area contributed by atoms with Gasteiger partial charge in [-0.25, -0.2) is 4.79 Å². The van der Waals surface area contributed by atoms with Gasteiger partial charge in [0.2, 0.25) is 0 Å². The molecule has 80 valence electrons. The number of ether oxygens (including phenoxy) is 1. The molecule has 0 bridgehead atoms. The molecule has 1 saturated heterocycles. The lowest BCUT2D eigenvalue weighted by Crippen LogP contribution is -2.32. The summed E-state index contributed by atoms with van der Waals surface area (Å²) in [6, 6.07) is 0. The van der Waals surface area contributed by atoms with Gasteiger partial charge in [-0.05, 0) is 31.6 Å². The molecule has 0 aromatic carbocycles. The lowest BCUT2D eigenvalue weighted by atomic mass is 9.87. The van der Waals surface area contributed by atoms with Crippen LogP contribution in [-0.4, -0.2) is 41.9 Å². The topological polar surface area (TPSA) is 49.8 Å². The van der Waals surface area contributed by atoms with E-state index < -0.39 is 0 Å². The lowest BCUT2D eigenvalue weighted by Gasteiger charge is -2.27. The molecule has 0 atom stereocenters. The highest BCUT2D eigenvalue weighted by molar-refractivity contribution is 5.69. The van der Waals surface area contributed by atoms with E-state index in [0.29, 0.717) is 12.5 Å². The maximum Gasteiger partial charge on any atom is 0.409 e. The van der Waals surface area contributed by atoms with E-state index in [-0.39, 0.29) is 12.2 Å². The molecular weight excluding hydrogens is 182 g/mol. The molecule has 2 rings (SSSR count). The fraction of sp³-hybridized carbons (Fsp3) is 0.900. The Kier molecular flexibility index (Phi) is 2.91. The zero-order chi connectivity index (χ0) is 9.97. The number of carbonyl (C=O) groups is 1. The second-order valence-corrected chi connectivity index (χ2v) is 4.23. The summed E-state index contributed by atoms with van der Waals surface area (Å²) in [6.45, 7) is 2.08. The third-order valence-corrected chi connectivity index (χ3v) is 3.14. The van der Waals surface area contributed by atoms with Crippen molar-refractivity contribution in [3.63, 3.8) is 0 Å². The van der Waals surface area contributed by atoms with Gasteiger partial charge in [0, 0.05) is 6.54 Å². The Morgan fingerprint density at radius 1 is 1.36 bits per heavy atom. The average molecular weight is 199 g/mol. The highest BCUT2D eigenvalue weighted by Gasteiger charge is 2.27. The third-order valence-electron chi connectivity index (χ3n) is 3.14. The first-order chi connectivity index (χ1) is 6.75. The van der Waals surface area contributed by atoms with Crippen molar-refractivity contribution >= 4 is 6.09 Å². The molecule has 1 N–H and O–H groups in total. The molecule has 4 heteroatoms. The lowest BCUT2D eigenvalue weighted by molar-refractivity contribution is 0.0979. The number of hydrogen-bond donors (Lipinski definition) is 1. The first-order valence-corrected chi connectivity index (χ1v) is 5.35. The van der Waals surface area contributed by atoms with Crippen molar-refractivity contribution in [3.05, 3.63) is 0 Å². The number of cyclic esters (lactones) is 1. The minimum absolute atomic E-state index is 0.114. The first-order valence-electron chi connectivity index (χ1n) is 5.35. The van der Waals surface area contributed by atoms with E-state index in [2.05, 4.69) is 0 Å². The molecule has 0 unspecified atom stereocenters. The van der Waals surface area contributed by atoms with Crippen LogP contribution in [-0.2, 0) is 4.74 Å². The Bertz CT molecular complexity index is 211. The van der Waals surface area contributed by atoms with E-state index in [1.54, 1.807) is 4.90 Å². The van der Waals surface area contributed by atoms with Crippen LogP contribution in [0, 0.1) is 5.92 Å². The van der Waals surface area contributed by atoms with Crippen LogP contribution >= 0.6 is 0 Å². The van der Waals surface area contributed by atoms with Gasteiger partial charge in [0.05, 0.1) is 12.6 Å². The van der Waals surface area contributed by atoms with Crippen LogP contribution in [0.1, 0.15) is 25.7 Å². The van der Waals surface area contributed by atoms with Crippen molar-refractivity contribution in [2.45, 2.75) is 31.8 Å². The SMILES string of the molecule is O=C1OCCN1CC1CCC(O)CC1. The standard InChI is InChI=1S/C10H17NO3/c12-9-3-1-8(2-4-9)7-11-5-6-14-10(11)13/h8-9,12H,1-7H2. The molecule has 4 nitrogen and oxygen atoms in total. The van der Waals surface area contributed by atoms with E-state index in [4.69, 9.17) is 4.74 Å². The second kappa shape index (κ2) is 4.17.